The fourth-order valence-corrected chi connectivity index (χ4v) is 1.57. The number of aryl methyl sites for hydroxylation is 1. The molecule has 1 aromatic carbocycles. The van der Waals surface area contributed by atoms with Gasteiger partial charge in [-0.05, 0) is 24.6 Å². The molecule has 2 aromatic rings. The van der Waals surface area contributed by atoms with E-state index in [-0.39, 0.29) is 12.2 Å². The number of benzene rings is 1. The van der Waals surface area contributed by atoms with Crippen LogP contribution in [0.1, 0.15) is 12.1 Å². The van der Waals surface area contributed by atoms with Crippen LogP contribution >= 0.6 is 0 Å². The van der Waals surface area contributed by atoms with Crippen molar-refractivity contribution in [3.8, 4) is 0 Å². The first kappa shape index (κ1) is 11.5. The smallest absolute Gasteiger partial charge is 0.243 e. The molecule has 1 aromatic heterocycles. The average Bonchev–Trinajstić information content (AvgIpc) is 2.35. The van der Waals surface area contributed by atoms with Crippen LogP contribution in [0.2, 0.25) is 0 Å². The molecule has 0 unspecified atom stereocenters. The molecule has 2 N–H and O–H groups in total. The molecule has 0 aliphatic carbocycles. The molecule has 2 rings (SSSR count). The number of pyridine rings is 1. The normalized spacial score (nSPS) is 10.5. The van der Waals surface area contributed by atoms with E-state index in [1.807, 2.05) is 6.07 Å². The van der Waals surface area contributed by atoms with Gasteiger partial charge < -0.3 is 0 Å². The van der Waals surface area contributed by atoms with Crippen molar-refractivity contribution in [3.05, 3.63) is 41.8 Å². The Labute approximate surface area is 97.1 Å². The average molecular weight is 234 g/mol. The number of hydrogen-bond donors (Lipinski definition) is 2. The minimum Gasteiger partial charge on any atom is -0.289 e. The fourth-order valence-electron chi connectivity index (χ4n) is 1.57. The Bertz CT molecular complexity index is 557. The Morgan fingerprint density at radius 2 is 2.12 bits per heavy atom. The Morgan fingerprint density at radius 3 is 2.88 bits per heavy atom. The first-order valence-electron chi connectivity index (χ1n) is 5.17. The van der Waals surface area contributed by atoms with E-state index in [1.165, 1.54) is 12.1 Å². The molecule has 5 heteroatoms. The van der Waals surface area contributed by atoms with E-state index in [2.05, 4.69) is 4.98 Å². The van der Waals surface area contributed by atoms with Crippen LogP contribution in [-0.4, -0.2) is 16.1 Å². The van der Waals surface area contributed by atoms with E-state index in [9.17, 15) is 9.18 Å². The number of halogens is 1. The van der Waals surface area contributed by atoms with Crippen LogP contribution in [0.3, 0.4) is 0 Å². The highest BCUT2D eigenvalue weighted by Crippen LogP contribution is 2.14. The lowest BCUT2D eigenvalue weighted by atomic mass is 10.1. The minimum atomic E-state index is -0.467. The Morgan fingerprint density at radius 1 is 1.35 bits per heavy atom. The van der Waals surface area contributed by atoms with Gasteiger partial charge in [0.25, 0.3) is 0 Å². The molecular weight excluding hydrogens is 223 g/mol. The molecule has 17 heavy (non-hydrogen) atoms. The van der Waals surface area contributed by atoms with Crippen molar-refractivity contribution in [2.45, 2.75) is 12.8 Å². The van der Waals surface area contributed by atoms with Crippen LogP contribution in [0.15, 0.2) is 30.3 Å². The number of aromatic nitrogens is 1. The molecule has 0 aliphatic heterocycles. The molecule has 0 spiro atoms. The summed E-state index contributed by atoms with van der Waals surface area (Å²) in [5, 5.41) is 9.20. The summed E-state index contributed by atoms with van der Waals surface area (Å²) in [6, 6.07) is 7.99. The van der Waals surface area contributed by atoms with Crippen molar-refractivity contribution in [1.29, 1.82) is 0 Å². The van der Waals surface area contributed by atoms with Crippen molar-refractivity contribution in [1.82, 2.24) is 10.5 Å². The summed E-state index contributed by atoms with van der Waals surface area (Å²) >= 11 is 0. The molecule has 0 aliphatic rings. The van der Waals surface area contributed by atoms with E-state index < -0.39 is 5.91 Å². The largest absolute Gasteiger partial charge is 0.289 e. The van der Waals surface area contributed by atoms with Crippen molar-refractivity contribution >= 4 is 16.8 Å². The molecule has 0 saturated heterocycles. The van der Waals surface area contributed by atoms with Gasteiger partial charge in [-0.2, -0.15) is 0 Å². The van der Waals surface area contributed by atoms with Crippen molar-refractivity contribution in [2.75, 3.05) is 0 Å². The summed E-state index contributed by atoms with van der Waals surface area (Å²) < 4.78 is 13.0. The van der Waals surface area contributed by atoms with E-state index in [0.717, 1.165) is 5.39 Å². The minimum absolute atomic E-state index is 0.143. The van der Waals surface area contributed by atoms with Gasteiger partial charge >= 0.3 is 0 Å². The summed E-state index contributed by atoms with van der Waals surface area (Å²) in [4.78, 5) is 15.1. The molecule has 0 fully saturated rings. The molecule has 4 nitrogen and oxygen atoms in total. The lowest BCUT2D eigenvalue weighted by Gasteiger charge is -2.02. The van der Waals surface area contributed by atoms with Gasteiger partial charge in [0.15, 0.2) is 0 Å². The topological polar surface area (TPSA) is 62.2 Å². The Balaban J connectivity index is 2.22. The number of nitrogens with one attached hydrogen (secondary N) is 1. The summed E-state index contributed by atoms with van der Waals surface area (Å²) in [6.07, 6.45) is 0.545. The van der Waals surface area contributed by atoms with Crippen molar-refractivity contribution in [3.63, 3.8) is 0 Å². The molecule has 1 amide bonds. The predicted octanol–water partition coefficient (Wildman–Crippen LogP) is 1.81. The zero-order chi connectivity index (χ0) is 12.3. The van der Waals surface area contributed by atoms with E-state index in [1.54, 1.807) is 17.6 Å². The Kier molecular flexibility index (Phi) is 3.30. The molecule has 0 bridgehead atoms. The van der Waals surface area contributed by atoms with Crippen LogP contribution in [0.25, 0.3) is 10.9 Å². The maximum absolute atomic E-state index is 13.0. The van der Waals surface area contributed by atoms with E-state index in [0.29, 0.717) is 17.6 Å². The summed E-state index contributed by atoms with van der Waals surface area (Å²) in [6.45, 7) is 0. The number of rotatable bonds is 3. The second-order valence-corrected chi connectivity index (χ2v) is 3.67. The molecule has 88 valence electrons. The summed E-state index contributed by atoms with van der Waals surface area (Å²) in [7, 11) is 0. The van der Waals surface area contributed by atoms with Gasteiger partial charge in [0.05, 0.1) is 5.52 Å². The number of carbonyl (C=O) groups excluding carboxylic acids is 1. The number of hydroxylamine groups is 1. The second kappa shape index (κ2) is 4.88. The van der Waals surface area contributed by atoms with Crippen LogP contribution in [0.5, 0.6) is 0 Å². The first-order valence-corrected chi connectivity index (χ1v) is 5.17. The number of hydrogen-bond acceptors (Lipinski definition) is 3. The molecular formula is C12H11FN2O2. The highest BCUT2D eigenvalue weighted by molar-refractivity contribution is 5.79. The molecule has 0 atom stereocenters. The van der Waals surface area contributed by atoms with Gasteiger partial charge in [0.2, 0.25) is 5.91 Å². The van der Waals surface area contributed by atoms with Crippen molar-refractivity contribution in [2.24, 2.45) is 0 Å². The van der Waals surface area contributed by atoms with Gasteiger partial charge in [0.1, 0.15) is 5.82 Å². The van der Waals surface area contributed by atoms with Crippen molar-refractivity contribution < 1.29 is 14.4 Å². The Hall–Kier alpha value is -2.01. The lowest BCUT2D eigenvalue weighted by Crippen LogP contribution is -2.18. The number of fused-ring (bicyclic) bond motifs is 1. The number of amides is 1. The number of carbonyl (C=O) groups is 1. The van der Waals surface area contributed by atoms with Crippen LogP contribution in [0, 0.1) is 5.82 Å². The monoisotopic (exact) mass is 234 g/mol. The standard InChI is InChI=1S/C12H11FN2O2/c13-9-3-1-8-2-4-10(14-11(8)7-9)5-6-12(16)15-17/h1-4,7,17H,5-6H2,(H,15,16). The van der Waals surface area contributed by atoms with Gasteiger partial charge in [-0.3, -0.25) is 15.0 Å². The quantitative estimate of drug-likeness (QED) is 0.629. The zero-order valence-electron chi connectivity index (χ0n) is 8.98. The van der Waals surface area contributed by atoms with E-state index in [4.69, 9.17) is 5.21 Å². The highest BCUT2D eigenvalue weighted by Gasteiger charge is 2.03. The first-order chi connectivity index (χ1) is 8.19. The third-order valence-corrected chi connectivity index (χ3v) is 2.44. The summed E-state index contributed by atoms with van der Waals surface area (Å²) in [5.41, 5.74) is 2.80. The maximum atomic E-state index is 13.0. The molecule has 0 radical (unpaired) electrons. The maximum Gasteiger partial charge on any atom is 0.243 e. The van der Waals surface area contributed by atoms with Gasteiger partial charge in [-0.15, -0.1) is 0 Å². The third kappa shape index (κ3) is 2.76. The van der Waals surface area contributed by atoms with Crippen LogP contribution < -0.4 is 5.48 Å². The summed E-state index contributed by atoms with van der Waals surface area (Å²) in [5.74, 6) is -0.804. The SMILES string of the molecule is O=C(CCc1ccc2ccc(F)cc2n1)NO. The van der Waals surface area contributed by atoms with Crippen LogP contribution in [0.4, 0.5) is 4.39 Å². The third-order valence-electron chi connectivity index (χ3n) is 2.44. The van der Waals surface area contributed by atoms with Crippen LogP contribution in [-0.2, 0) is 11.2 Å². The van der Waals surface area contributed by atoms with Gasteiger partial charge in [0, 0.05) is 23.6 Å². The highest BCUT2D eigenvalue weighted by atomic mass is 19.1. The molecule has 1 heterocycles. The molecule has 0 saturated carbocycles. The second-order valence-electron chi connectivity index (χ2n) is 3.67. The zero-order valence-corrected chi connectivity index (χ0v) is 8.98. The van der Waals surface area contributed by atoms with Gasteiger partial charge in [-0.25, -0.2) is 9.87 Å². The predicted molar refractivity (Wildman–Crippen MR) is 60.0 cm³/mol. The van der Waals surface area contributed by atoms with Gasteiger partial charge in [-0.1, -0.05) is 6.07 Å². The fraction of sp³-hybridized carbons (Fsp3) is 0.167. The number of nitrogens with zero attached hydrogens (tertiary/aromatic N) is 1. The van der Waals surface area contributed by atoms with E-state index >= 15 is 0 Å². The lowest BCUT2D eigenvalue weighted by molar-refractivity contribution is -0.129.